The van der Waals surface area contributed by atoms with E-state index in [0.29, 0.717) is 0 Å². The number of thiophene rings is 1. The second kappa shape index (κ2) is 8.94. The lowest BCUT2D eigenvalue weighted by Crippen LogP contribution is -2.47. The van der Waals surface area contributed by atoms with Gasteiger partial charge < -0.3 is 9.47 Å². The highest BCUT2D eigenvalue weighted by Crippen LogP contribution is 2.29. The molecule has 162 valence electrons. The van der Waals surface area contributed by atoms with Crippen molar-refractivity contribution < 1.29 is 4.39 Å². The lowest BCUT2D eigenvalue weighted by Gasteiger charge is -2.35. The zero-order valence-electron chi connectivity index (χ0n) is 17.3. The Bertz CT molecular complexity index is 1280. The number of hydrogen-bond acceptors (Lipinski definition) is 5. The quantitative estimate of drug-likeness (QED) is 0.462. The standard InChI is InChI=1S/C23H23FN4OS.ClH/c1-26-20-3-2-17(24)15-19(20)16(14-22(26)29)5-8-27-9-11-28(12-10-27)23-18-6-13-30-21(18)4-7-25-23;/h2-4,6-7,13-15H,5,8-12H2,1H3;1H. The van der Waals surface area contributed by atoms with Gasteiger partial charge in [0.2, 0.25) is 0 Å². The molecule has 8 heteroatoms. The molecule has 1 aromatic carbocycles. The van der Waals surface area contributed by atoms with Crippen molar-refractivity contribution in [2.24, 2.45) is 7.05 Å². The van der Waals surface area contributed by atoms with Crippen LogP contribution < -0.4 is 10.5 Å². The van der Waals surface area contributed by atoms with Gasteiger partial charge in [-0.25, -0.2) is 9.37 Å². The molecular weight excluding hydrogens is 435 g/mol. The van der Waals surface area contributed by atoms with Gasteiger partial charge in [-0.15, -0.1) is 23.7 Å². The molecule has 1 aliphatic heterocycles. The Morgan fingerprint density at radius 3 is 2.68 bits per heavy atom. The molecule has 0 spiro atoms. The number of benzene rings is 1. The molecule has 3 aromatic heterocycles. The Labute approximate surface area is 190 Å². The summed E-state index contributed by atoms with van der Waals surface area (Å²) in [4.78, 5) is 21.7. The van der Waals surface area contributed by atoms with Crippen LogP contribution in [0.4, 0.5) is 10.2 Å². The Hall–Kier alpha value is -2.48. The predicted molar refractivity (Wildman–Crippen MR) is 128 cm³/mol. The van der Waals surface area contributed by atoms with Crippen molar-refractivity contribution in [3.05, 3.63) is 69.7 Å². The molecule has 5 nitrogen and oxygen atoms in total. The van der Waals surface area contributed by atoms with Crippen molar-refractivity contribution in [1.82, 2.24) is 14.5 Å². The third-order valence-electron chi connectivity index (χ3n) is 6.02. The summed E-state index contributed by atoms with van der Waals surface area (Å²) >= 11 is 1.74. The number of fused-ring (bicyclic) bond motifs is 2. The van der Waals surface area contributed by atoms with Crippen LogP contribution in [0.15, 0.2) is 52.8 Å². The van der Waals surface area contributed by atoms with Crippen molar-refractivity contribution in [1.29, 1.82) is 0 Å². The first-order valence-electron chi connectivity index (χ1n) is 10.2. The van der Waals surface area contributed by atoms with Crippen LogP contribution in [0.25, 0.3) is 21.0 Å². The van der Waals surface area contributed by atoms with Crippen molar-refractivity contribution in [3.8, 4) is 0 Å². The fraction of sp³-hybridized carbons (Fsp3) is 0.304. The number of pyridine rings is 2. The average molecular weight is 459 g/mol. The molecule has 4 heterocycles. The smallest absolute Gasteiger partial charge is 0.251 e. The molecule has 5 rings (SSSR count). The third-order valence-corrected chi connectivity index (χ3v) is 6.90. The van der Waals surface area contributed by atoms with Gasteiger partial charge in [0, 0.05) is 67.5 Å². The first-order valence-corrected chi connectivity index (χ1v) is 11.1. The molecular formula is C23H24ClFN4OS. The van der Waals surface area contributed by atoms with Gasteiger partial charge in [0.1, 0.15) is 11.6 Å². The average Bonchev–Trinajstić information content (AvgIpc) is 3.25. The fourth-order valence-corrected chi connectivity index (χ4v) is 5.08. The van der Waals surface area contributed by atoms with E-state index < -0.39 is 0 Å². The number of nitrogens with zero attached hydrogens (tertiary/aromatic N) is 4. The fourth-order valence-electron chi connectivity index (χ4n) is 4.30. The SMILES string of the molecule is Cl.Cn1c(=O)cc(CCN2CCN(c3nccc4sccc34)CC2)c2cc(F)ccc21. The van der Waals surface area contributed by atoms with Gasteiger partial charge in [-0.2, -0.15) is 0 Å². The molecule has 0 aliphatic carbocycles. The topological polar surface area (TPSA) is 41.4 Å². The lowest BCUT2D eigenvalue weighted by atomic mass is 10.1. The van der Waals surface area contributed by atoms with Crippen molar-refractivity contribution in [3.63, 3.8) is 0 Å². The first-order chi connectivity index (χ1) is 14.6. The summed E-state index contributed by atoms with van der Waals surface area (Å²) in [6.45, 7) is 4.59. The van der Waals surface area contributed by atoms with E-state index in [1.54, 1.807) is 35.1 Å². The maximum absolute atomic E-state index is 13.8. The maximum Gasteiger partial charge on any atom is 0.251 e. The Morgan fingerprint density at radius 2 is 1.87 bits per heavy atom. The minimum atomic E-state index is -0.272. The van der Waals surface area contributed by atoms with Gasteiger partial charge in [-0.05, 0) is 47.7 Å². The molecule has 0 amide bonds. The number of halogens is 2. The van der Waals surface area contributed by atoms with Crippen molar-refractivity contribution in [2.75, 3.05) is 37.6 Å². The highest BCUT2D eigenvalue weighted by molar-refractivity contribution is 7.17. The largest absolute Gasteiger partial charge is 0.354 e. The molecule has 4 aromatic rings. The normalized spacial score (nSPS) is 14.8. The van der Waals surface area contributed by atoms with E-state index in [-0.39, 0.29) is 23.8 Å². The number of rotatable bonds is 4. The highest BCUT2D eigenvalue weighted by atomic mass is 35.5. The second-order valence-electron chi connectivity index (χ2n) is 7.77. The molecule has 1 saturated heterocycles. The van der Waals surface area contributed by atoms with Gasteiger partial charge in [0.15, 0.2) is 0 Å². The molecule has 0 N–H and O–H groups in total. The Balaban J connectivity index is 0.00000231. The highest BCUT2D eigenvalue weighted by Gasteiger charge is 2.20. The summed E-state index contributed by atoms with van der Waals surface area (Å²) in [5.74, 6) is 0.799. The van der Waals surface area contributed by atoms with Gasteiger partial charge in [-0.3, -0.25) is 9.69 Å². The van der Waals surface area contributed by atoms with Crippen LogP contribution in [-0.4, -0.2) is 47.2 Å². The third kappa shape index (κ3) is 4.18. The molecule has 0 unspecified atom stereocenters. The van der Waals surface area contributed by atoms with Crippen LogP contribution in [0.3, 0.4) is 0 Å². The summed E-state index contributed by atoms with van der Waals surface area (Å²) in [6, 6.07) is 10.5. The number of aryl methyl sites for hydroxylation is 1. The molecule has 0 atom stereocenters. The zero-order valence-corrected chi connectivity index (χ0v) is 18.9. The lowest BCUT2D eigenvalue weighted by molar-refractivity contribution is 0.261. The van der Waals surface area contributed by atoms with E-state index in [4.69, 9.17) is 0 Å². The van der Waals surface area contributed by atoms with E-state index in [1.807, 2.05) is 6.20 Å². The summed E-state index contributed by atoms with van der Waals surface area (Å²) < 4.78 is 16.7. The van der Waals surface area contributed by atoms with Crippen LogP contribution in [0.1, 0.15) is 5.56 Å². The monoisotopic (exact) mass is 458 g/mol. The van der Waals surface area contributed by atoms with Gasteiger partial charge in [-0.1, -0.05) is 0 Å². The van der Waals surface area contributed by atoms with Crippen molar-refractivity contribution >= 4 is 50.6 Å². The maximum atomic E-state index is 13.8. The first kappa shape index (κ1) is 21.7. The van der Waals surface area contributed by atoms with Crippen LogP contribution in [0, 0.1) is 5.82 Å². The Morgan fingerprint density at radius 1 is 1.06 bits per heavy atom. The number of aromatic nitrogens is 2. The predicted octanol–water partition coefficient (Wildman–Crippen LogP) is 4.07. The molecule has 0 bridgehead atoms. The molecule has 31 heavy (non-hydrogen) atoms. The van der Waals surface area contributed by atoms with E-state index in [9.17, 15) is 9.18 Å². The number of hydrogen-bond donors (Lipinski definition) is 0. The van der Waals surface area contributed by atoms with E-state index in [1.165, 1.54) is 22.2 Å². The molecule has 1 fully saturated rings. The van der Waals surface area contributed by atoms with Gasteiger partial charge in [0.25, 0.3) is 5.56 Å². The summed E-state index contributed by atoms with van der Waals surface area (Å²) in [5.41, 5.74) is 1.64. The van der Waals surface area contributed by atoms with Crippen molar-refractivity contribution in [2.45, 2.75) is 6.42 Å². The summed E-state index contributed by atoms with van der Waals surface area (Å²) in [5, 5.41) is 4.16. The number of piperazine rings is 1. The van der Waals surface area contributed by atoms with Crippen LogP contribution in [0.5, 0.6) is 0 Å². The van der Waals surface area contributed by atoms with E-state index in [0.717, 1.165) is 61.4 Å². The second-order valence-corrected chi connectivity index (χ2v) is 8.72. The Kier molecular flexibility index (Phi) is 6.27. The summed E-state index contributed by atoms with van der Waals surface area (Å²) in [6.07, 6.45) is 2.62. The van der Waals surface area contributed by atoms with Crippen LogP contribution in [0.2, 0.25) is 0 Å². The number of anilines is 1. The van der Waals surface area contributed by atoms with Gasteiger partial charge >= 0.3 is 0 Å². The minimum absolute atomic E-state index is 0. The molecule has 0 radical (unpaired) electrons. The minimum Gasteiger partial charge on any atom is -0.354 e. The van der Waals surface area contributed by atoms with E-state index >= 15 is 0 Å². The molecule has 0 saturated carbocycles. The van der Waals surface area contributed by atoms with Crippen LogP contribution >= 0.6 is 23.7 Å². The van der Waals surface area contributed by atoms with E-state index in [2.05, 4.69) is 32.3 Å². The van der Waals surface area contributed by atoms with Crippen LogP contribution in [-0.2, 0) is 13.5 Å². The summed E-state index contributed by atoms with van der Waals surface area (Å²) in [7, 11) is 1.73. The zero-order chi connectivity index (χ0) is 20.7. The van der Waals surface area contributed by atoms with Gasteiger partial charge in [0.05, 0.1) is 5.52 Å². The molecule has 1 aliphatic rings.